The first-order chi connectivity index (χ1) is 30.2. The Morgan fingerprint density at radius 2 is 1.42 bits per heavy atom. The summed E-state index contributed by atoms with van der Waals surface area (Å²) in [6, 6.07) is 38.1. The van der Waals surface area contributed by atoms with Gasteiger partial charge in [-0.15, -0.1) is 0 Å². The van der Waals surface area contributed by atoms with Crippen LogP contribution in [0.4, 0.5) is 4.79 Å². The van der Waals surface area contributed by atoms with Crippen LogP contribution in [0.2, 0.25) is 0 Å². The second kappa shape index (κ2) is 19.1. The highest BCUT2D eigenvalue weighted by Gasteiger charge is 2.31. The topological polar surface area (TPSA) is 174 Å². The number of benzene rings is 5. The number of nitrogens with one attached hydrogen (secondary N) is 5. The van der Waals surface area contributed by atoms with Crippen molar-refractivity contribution in [3.63, 3.8) is 0 Å². The van der Waals surface area contributed by atoms with Crippen LogP contribution in [0.25, 0.3) is 16.5 Å². The molecule has 1 fully saturated rings. The number of carbonyl (C=O) groups excluding carboxylic acids is 5. The lowest BCUT2D eigenvalue weighted by Crippen LogP contribution is -2.56. The van der Waals surface area contributed by atoms with Gasteiger partial charge in [-0.25, -0.2) is 9.80 Å². The molecular formula is C49H45N7O6. The minimum Gasteiger partial charge on any atom is -0.457 e. The van der Waals surface area contributed by atoms with Gasteiger partial charge in [-0.2, -0.15) is 5.10 Å². The fourth-order valence-electron chi connectivity index (χ4n) is 7.73. The van der Waals surface area contributed by atoms with E-state index >= 15 is 0 Å². The number of rotatable bonds is 17. The van der Waals surface area contributed by atoms with Crippen LogP contribution >= 0.6 is 0 Å². The van der Waals surface area contributed by atoms with E-state index in [0.717, 1.165) is 43.7 Å². The lowest BCUT2D eigenvalue weighted by Gasteiger charge is -2.25. The van der Waals surface area contributed by atoms with Gasteiger partial charge >= 0.3 is 6.03 Å². The van der Waals surface area contributed by atoms with Crippen molar-refractivity contribution in [2.75, 3.05) is 6.54 Å². The molecule has 0 saturated carbocycles. The molecule has 3 atom stereocenters. The first-order valence-electron chi connectivity index (χ1n) is 20.5. The maximum absolute atomic E-state index is 14.7. The molecule has 2 aliphatic rings. The van der Waals surface area contributed by atoms with Crippen molar-refractivity contribution in [1.82, 2.24) is 31.3 Å². The standard InChI is InChI=1S/C49H45N7O6/c57-45(26-33-14-11-18-39(25-33)62-38-16-5-2-6-17-38)53-43(28-36-29-50-42-21-10-9-20-41(36)42)48(60)54-44(27-35-23-22-34-15-7-8-19-40(34)35)47(59)52-37(24-32-12-3-1-4-13-32)30-51-56-31-46(58)55-49(56)61/h1-21,23,25,29-30,37,43-44,50H,22,24,26-28,31H2,(H,52,59)(H,53,57)(H,54,60)(H,55,58,61)/b51-30+. The number of urea groups is 1. The highest BCUT2D eigenvalue weighted by atomic mass is 16.5. The monoisotopic (exact) mass is 827 g/mol. The molecule has 1 aliphatic carbocycles. The second-order valence-electron chi connectivity index (χ2n) is 15.3. The van der Waals surface area contributed by atoms with Gasteiger partial charge in [0.05, 0.1) is 12.5 Å². The van der Waals surface area contributed by atoms with E-state index in [-0.39, 0.29) is 31.7 Å². The molecule has 2 heterocycles. The number of H-pyrrole nitrogens is 1. The predicted octanol–water partition coefficient (Wildman–Crippen LogP) is 6.01. The molecule has 312 valence electrons. The minimum absolute atomic E-state index is 0.0294. The van der Waals surface area contributed by atoms with Crippen LogP contribution in [-0.2, 0) is 44.9 Å². The van der Waals surface area contributed by atoms with E-state index in [4.69, 9.17) is 4.74 Å². The van der Waals surface area contributed by atoms with Gasteiger partial charge < -0.3 is 25.7 Å². The average molecular weight is 828 g/mol. The summed E-state index contributed by atoms with van der Waals surface area (Å²) in [6.45, 7) is -0.246. The normalized spacial score (nSPS) is 14.8. The van der Waals surface area contributed by atoms with E-state index in [0.29, 0.717) is 29.9 Å². The van der Waals surface area contributed by atoms with E-state index in [9.17, 15) is 24.0 Å². The van der Waals surface area contributed by atoms with Gasteiger partial charge in [0.15, 0.2) is 0 Å². The van der Waals surface area contributed by atoms with Crippen molar-refractivity contribution in [2.45, 2.75) is 50.2 Å². The molecule has 13 nitrogen and oxygen atoms in total. The maximum atomic E-state index is 14.7. The predicted molar refractivity (Wildman–Crippen MR) is 236 cm³/mol. The zero-order valence-corrected chi connectivity index (χ0v) is 33.8. The van der Waals surface area contributed by atoms with Crippen molar-refractivity contribution in [3.05, 3.63) is 174 Å². The third-order valence-corrected chi connectivity index (χ3v) is 10.8. The van der Waals surface area contributed by atoms with Crippen LogP contribution in [0.1, 0.15) is 34.2 Å². The van der Waals surface area contributed by atoms with Crippen LogP contribution in [0.3, 0.4) is 0 Å². The van der Waals surface area contributed by atoms with Crippen LogP contribution in [0, 0.1) is 0 Å². The summed E-state index contributed by atoms with van der Waals surface area (Å²) in [7, 11) is 0. The Balaban J connectivity index is 1.06. The number of carbonyl (C=O) groups is 5. The number of amides is 6. The Kier molecular flexibility index (Phi) is 12.6. The molecule has 8 rings (SSSR count). The Labute approximate surface area is 358 Å². The van der Waals surface area contributed by atoms with Gasteiger partial charge in [-0.05, 0) is 76.6 Å². The Morgan fingerprint density at radius 1 is 0.726 bits per heavy atom. The second-order valence-corrected chi connectivity index (χ2v) is 15.3. The highest BCUT2D eigenvalue weighted by Crippen LogP contribution is 2.31. The SMILES string of the molecule is O=C1CN(/N=C/C(Cc2ccccc2)NC(=O)C(CC2=CCc3ccccc32)NC(=O)C(Cc2c[nH]c3ccccc23)NC(=O)Cc2cccc(Oc3ccccc3)c2)C(=O)N1. The fraction of sp³-hybridized carbons (Fsp3) is 0.184. The molecule has 1 saturated heterocycles. The van der Waals surface area contributed by atoms with Gasteiger partial charge in [0.2, 0.25) is 23.6 Å². The molecular weight excluding hydrogens is 783 g/mol. The van der Waals surface area contributed by atoms with E-state index in [1.165, 1.54) is 6.21 Å². The van der Waals surface area contributed by atoms with E-state index in [1.807, 2.05) is 134 Å². The first kappa shape index (κ1) is 41.0. The number of hydrazone groups is 1. The summed E-state index contributed by atoms with van der Waals surface area (Å²) < 4.78 is 6.00. The third kappa shape index (κ3) is 10.3. The van der Waals surface area contributed by atoms with E-state index in [2.05, 4.69) is 37.4 Å². The Morgan fingerprint density at radius 3 is 2.23 bits per heavy atom. The van der Waals surface area contributed by atoms with Crippen molar-refractivity contribution >= 4 is 52.4 Å². The van der Waals surface area contributed by atoms with Crippen LogP contribution < -0.4 is 26.0 Å². The van der Waals surface area contributed by atoms with Crippen molar-refractivity contribution in [3.8, 4) is 11.5 Å². The first-order valence-corrected chi connectivity index (χ1v) is 20.5. The summed E-state index contributed by atoms with van der Waals surface area (Å²) in [5.41, 5.74) is 6.28. The maximum Gasteiger partial charge on any atom is 0.344 e. The number of aromatic nitrogens is 1. The number of hydrogen-bond acceptors (Lipinski definition) is 7. The summed E-state index contributed by atoms with van der Waals surface area (Å²) in [5, 5.41) is 17.4. The molecule has 13 heteroatoms. The molecule has 62 heavy (non-hydrogen) atoms. The molecule has 0 radical (unpaired) electrons. The van der Waals surface area contributed by atoms with Gasteiger partial charge in [-0.3, -0.25) is 24.5 Å². The summed E-state index contributed by atoms with van der Waals surface area (Å²) >= 11 is 0. The van der Waals surface area contributed by atoms with Gasteiger partial charge in [-0.1, -0.05) is 109 Å². The fourth-order valence-corrected chi connectivity index (χ4v) is 7.73. The quantitative estimate of drug-likeness (QED) is 0.0557. The van der Waals surface area contributed by atoms with Crippen LogP contribution in [-0.4, -0.2) is 70.5 Å². The summed E-state index contributed by atoms with van der Waals surface area (Å²) in [5.74, 6) is -0.682. The number of aromatic amines is 1. The van der Waals surface area contributed by atoms with E-state index in [1.54, 1.807) is 6.07 Å². The molecule has 6 aromatic rings. The molecule has 0 bridgehead atoms. The molecule has 6 amide bonds. The van der Waals surface area contributed by atoms with Gasteiger partial charge in [0.1, 0.15) is 30.1 Å². The number of ether oxygens (including phenoxy) is 1. The van der Waals surface area contributed by atoms with Crippen LogP contribution in [0.15, 0.2) is 151 Å². The number of para-hydroxylation sites is 2. The zero-order chi connectivity index (χ0) is 42.8. The molecule has 1 aliphatic heterocycles. The Bertz CT molecular complexity index is 2660. The van der Waals surface area contributed by atoms with Crippen molar-refractivity contribution in [1.29, 1.82) is 0 Å². The van der Waals surface area contributed by atoms with Crippen molar-refractivity contribution in [2.24, 2.45) is 5.10 Å². The Hall–Kier alpha value is -7.80. The summed E-state index contributed by atoms with van der Waals surface area (Å²) in [4.78, 5) is 70.6. The summed E-state index contributed by atoms with van der Waals surface area (Å²) in [6.07, 6.45) is 6.57. The lowest BCUT2D eigenvalue weighted by atomic mass is 9.97. The van der Waals surface area contributed by atoms with Crippen molar-refractivity contribution < 1.29 is 28.7 Å². The number of hydrogen-bond donors (Lipinski definition) is 5. The molecule has 5 N–H and O–H groups in total. The number of allylic oxidation sites excluding steroid dienone is 1. The number of fused-ring (bicyclic) bond motifs is 2. The zero-order valence-electron chi connectivity index (χ0n) is 33.8. The average Bonchev–Trinajstić information content (AvgIpc) is 3.98. The smallest absolute Gasteiger partial charge is 0.344 e. The largest absolute Gasteiger partial charge is 0.457 e. The highest BCUT2D eigenvalue weighted by molar-refractivity contribution is 6.02. The van der Waals surface area contributed by atoms with Gasteiger partial charge in [0.25, 0.3) is 0 Å². The van der Waals surface area contributed by atoms with E-state index < -0.39 is 41.9 Å². The molecule has 1 aromatic heterocycles. The molecule has 5 aromatic carbocycles. The minimum atomic E-state index is -1.09. The molecule has 3 unspecified atom stereocenters. The number of imide groups is 1. The van der Waals surface area contributed by atoms with Gasteiger partial charge in [0, 0.05) is 36.2 Å². The number of nitrogens with zero attached hydrogens (tertiary/aromatic N) is 2. The molecule has 0 spiro atoms. The lowest BCUT2D eigenvalue weighted by molar-refractivity contribution is -0.132. The third-order valence-electron chi connectivity index (χ3n) is 10.8. The van der Waals surface area contributed by atoms with Crippen LogP contribution in [0.5, 0.6) is 11.5 Å².